The molecule has 0 radical (unpaired) electrons. The van der Waals surface area contributed by atoms with Gasteiger partial charge in [-0.05, 0) is 23.6 Å². The van der Waals surface area contributed by atoms with Crippen LogP contribution in [0.4, 0.5) is 11.4 Å². The minimum atomic E-state index is -0.392. The predicted octanol–water partition coefficient (Wildman–Crippen LogP) is 3.40. The van der Waals surface area contributed by atoms with Gasteiger partial charge in [-0.2, -0.15) is 0 Å². The van der Waals surface area contributed by atoms with E-state index in [1.54, 1.807) is 19.2 Å². The van der Waals surface area contributed by atoms with Crippen molar-refractivity contribution in [3.63, 3.8) is 0 Å². The highest BCUT2D eigenvalue weighted by molar-refractivity contribution is 5.51. The van der Waals surface area contributed by atoms with Crippen molar-refractivity contribution in [2.24, 2.45) is 0 Å². The molecule has 1 N–H and O–H groups in total. The predicted molar refractivity (Wildman–Crippen MR) is 82.4 cm³/mol. The number of nitrogens with zero attached hydrogens (tertiary/aromatic N) is 1. The van der Waals surface area contributed by atoms with E-state index >= 15 is 0 Å². The van der Waals surface area contributed by atoms with E-state index in [-0.39, 0.29) is 5.69 Å². The summed E-state index contributed by atoms with van der Waals surface area (Å²) in [5.41, 5.74) is 3.37. The molecule has 0 heterocycles. The molecule has 0 spiro atoms. The second-order valence-electron chi connectivity index (χ2n) is 4.68. The van der Waals surface area contributed by atoms with Crippen LogP contribution in [-0.2, 0) is 17.7 Å². The van der Waals surface area contributed by atoms with Crippen LogP contribution in [0.25, 0.3) is 0 Å². The van der Waals surface area contributed by atoms with Gasteiger partial charge in [0.05, 0.1) is 11.5 Å². The van der Waals surface area contributed by atoms with E-state index in [0.29, 0.717) is 13.2 Å². The Kier molecular flexibility index (Phi) is 5.29. The quantitative estimate of drug-likeness (QED) is 0.626. The van der Waals surface area contributed by atoms with Gasteiger partial charge < -0.3 is 10.1 Å². The van der Waals surface area contributed by atoms with Gasteiger partial charge in [0.1, 0.15) is 0 Å². The first-order valence-electron chi connectivity index (χ1n) is 6.75. The number of nitrogens with one attached hydrogen (secondary N) is 1. The number of rotatable bonds is 7. The molecule has 0 saturated carbocycles. The first-order valence-corrected chi connectivity index (χ1v) is 6.75. The number of nitro benzene ring substituents is 1. The summed E-state index contributed by atoms with van der Waals surface area (Å²) < 4.78 is 5.11. The van der Waals surface area contributed by atoms with Crippen molar-refractivity contribution in [1.29, 1.82) is 0 Å². The molecule has 2 rings (SSSR count). The Balaban J connectivity index is 2.00. The van der Waals surface area contributed by atoms with Crippen molar-refractivity contribution >= 4 is 11.4 Å². The number of ether oxygens (including phenoxy) is 1. The number of nitro groups is 1. The zero-order valence-corrected chi connectivity index (χ0v) is 11.9. The normalized spacial score (nSPS) is 10.3. The molecule has 0 aliphatic rings. The molecule has 0 bridgehead atoms. The van der Waals surface area contributed by atoms with Gasteiger partial charge in [0.15, 0.2) is 0 Å². The van der Waals surface area contributed by atoms with Crippen LogP contribution in [0.15, 0.2) is 48.5 Å². The third-order valence-corrected chi connectivity index (χ3v) is 3.22. The van der Waals surface area contributed by atoms with Gasteiger partial charge >= 0.3 is 0 Å². The van der Waals surface area contributed by atoms with Gasteiger partial charge in [-0.1, -0.05) is 30.3 Å². The van der Waals surface area contributed by atoms with Gasteiger partial charge in [-0.25, -0.2) is 0 Å². The summed E-state index contributed by atoms with van der Waals surface area (Å²) in [5, 5.41) is 14.0. The number of hydrogen-bond acceptors (Lipinski definition) is 4. The van der Waals surface area contributed by atoms with Crippen LogP contribution in [0.5, 0.6) is 0 Å². The van der Waals surface area contributed by atoms with E-state index in [1.807, 2.05) is 18.2 Å². The lowest BCUT2D eigenvalue weighted by Crippen LogP contribution is -2.04. The molecule has 0 fully saturated rings. The molecule has 110 valence electrons. The molecular weight excluding hydrogens is 268 g/mol. The van der Waals surface area contributed by atoms with Crippen LogP contribution in [0, 0.1) is 10.1 Å². The molecule has 0 saturated heterocycles. The number of anilines is 1. The van der Waals surface area contributed by atoms with Crippen molar-refractivity contribution in [2.45, 2.75) is 13.0 Å². The summed E-state index contributed by atoms with van der Waals surface area (Å²) in [5.74, 6) is 0. The van der Waals surface area contributed by atoms with Crippen molar-refractivity contribution in [3.05, 3.63) is 69.8 Å². The van der Waals surface area contributed by atoms with E-state index in [0.717, 1.165) is 17.7 Å². The van der Waals surface area contributed by atoms with Crippen molar-refractivity contribution in [1.82, 2.24) is 0 Å². The lowest BCUT2D eigenvalue weighted by Gasteiger charge is -2.11. The van der Waals surface area contributed by atoms with Crippen molar-refractivity contribution < 1.29 is 9.66 Å². The Morgan fingerprint density at radius 1 is 1.14 bits per heavy atom. The lowest BCUT2D eigenvalue weighted by atomic mass is 10.1. The molecular formula is C16H18N2O3. The fourth-order valence-corrected chi connectivity index (χ4v) is 2.06. The first kappa shape index (κ1) is 15.0. The number of methoxy groups -OCH3 is 1. The Morgan fingerprint density at radius 3 is 2.52 bits per heavy atom. The van der Waals surface area contributed by atoms with E-state index in [9.17, 15) is 10.1 Å². The average molecular weight is 286 g/mol. The molecule has 0 amide bonds. The van der Waals surface area contributed by atoms with Crippen molar-refractivity contribution in [2.75, 3.05) is 19.0 Å². The summed E-state index contributed by atoms with van der Waals surface area (Å²) in [6.45, 7) is 1.30. The summed E-state index contributed by atoms with van der Waals surface area (Å²) >= 11 is 0. The smallest absolute Gasteiger partial charge is 0.269 e. The maximum atomic E-state index is 10.6. The van der Waals surface area contributed by atoms with Gasteiger partial charge in [-0.3, -0.25) is 10.1 Å². The fourth-order valence-electron chi connectivity index (χ4n) is 2.06. The third kappa shape index (κ3) is 4.29. The van der Waals surface area contributed by atoms with Gasteiger partial charge in [-0.15, -0.1) is 0 Å². The van der Waals surface area contributed by atoms with E-state index in [2.05, 4.69) is 11.4 Å². The molecule has 2 aromatic carbocycles. The molecule has 0 aliphatic carbocycles. The number of non-ortho nitro benzene ring substituents is 1. The molecule has 0 aliphatic heterocycles. The second kappa shape index (κ2) is 7.40. The van der Waals surface area contributed by atoms with E-state index < -0.39 is 4.92 Å². The van der Waals surface area contributed by atoms with E-state index in [1.165, 1.54) is 17.7 Å². The second-order valence-corrected chi connectivity index (χ2v) is 4.68. The monoisotopic (exact) mass is 286 g/mol. The van der Waals surface area contributed by atoms with Crippen LogP contribution in [0.1, 0.15) is 11.1 Å². The van der Waals surface area contributed by atoms with Gasteiger partial charge in [0, 0.05) is 31.5 Å². The van der Waals surface area contributed by atoms with Crippen LogP contribution in [0.2, 0.25) is 0 Å². The topological polar surface area (TPSA) is 64.4 Å². The van der Waals surface area contributed by atoms with Gasteiger partial charge in [0.25, 0.3) is 5.69 Å². The Hall–Kier alpha value is -2.40. The minimum absolute atomic E-state index is 0.110. The van der Waals surface area contributed by atoms with E-state index in [4.69, 9.17) is 4.74 Å². The summed E-state index contributed by atoms with van der Waals surface area (Å²) in [4.78, 5) is 10.2. The molecule has 2 aromatic rings. The SMILES string of the molecule is COCCc1ccccc1NCc1ccc([N+](=O)[O-])cc1. The van der Waals surface area contributed by atoms with Crippen LogP contribution in [0.3, 0.4) is 0 Å². The summed E-state index contributed by atoms with van der Waals surface area (Å²) in [6.07, 6.45) is 0.847. The molecule has 5 nitrogen and oxygen atoms in total. The molecule has 0 unspecified atom stereocenters. The largest absolute Gasteiger partial charge is 0.384 e. The number of para-hydroxylation sites is 1. The van der Waals surface area contributed by atoms with Crippen LogP contribution >= 0.6 is 0 Å². The highest BCUT2D eigenvalue weighted by Crippen LogP contribution is 2.18. The molecule has 5 heteroatoms. The Labute approximate surface area is 123 Å². The Morgan fingerprint density at radius 2 is 1.86 bits per heavy atom. The minimum Gasteiger partial charge on any atom is -0.384 e. The first-order chi connectivity index (χ1) is 10.2. The summed E-state index contributed by atoms with van der Waals surface area (Å²) in [7, 11) is 1.69. The fraction of sp³-hybridized carbons (Fsp3) is 0.250. The highest BCUT2D eigenvalue weighted by atomic mass is 16.6. The number of hydrogen-bond donors (Lipinski definition) is 1. The van der Waals surface area contributed by atoms with Gasteiger partial charge in [0.2, 0.25) is 0 Å². The van der Waals surface area contributed by atoms with Crippen LogP contribution < -0.4 is 5.32 Å². The maximum absolute atomic E-state index is 10.6. The Bertz CT molecular complexity index is 597. The third-order valence-electron chi connectivity index (χ3n) is 3.22. The van der Waals surface area contributed by atoms with Crippen molar-refractivity contribution in [3.8, 4) is 0 Å². The summed E-state index contributed by atoms with van der Waals surface area (Å²) in [6, 6.07) is 14.7. The van der Waals surface area contributed by atoms with Crippen LogP contribution in [-0.4, -0.2) is 18.6 Å². The number of benzene rings is 2. The maximum Gasteiger partial charge on any atom is 0.269 e. The average Bonchev–Trinajstić information content (AvgIpc) is 2.52. The zero-order chi connectivity index (χ0) is 15.1. The molecule has 0 aromatic heterocycles. The zero-order valence-electron chi connectivity index (χ0n) is 11.9. The highest BCUT2D eigenvalue weighted by Gasteiger charge is 2.05. The standard InChI is InChI=1S/C16H18N2O3/c1-21-11-10-14-4-2-3-5-16(14)17-12-13-6-8-15(9-7-13)18(19)20/h2-9,17H,10-12H2,1H3. The molecule has 0 atom stereocenters. The lowest BCUT2D eigenvalue weighted by molar-refractivity contribution is -0.384. The molecule has 21 heavy (non-hydrogen) atoms.